The summed E-state index contributed by atoms with van der Waals surface area (Å²) in [5.41, 5.74) is 5.47. The molecule has 0 aliphatic rings. The fourth-order valence-electron chi connectivity index (χ4n) is 3.10. The van der Waals surface area contributed by atoms with Crippen LogP contribution in [0.5, 0.6) is 0 Å². The van der Waals surface area contributed by atoms with Crippen LogP contribution in [-0.2, 0) is 11.2 Å². The normalized spacial score (nSPS) is 12.0. The number of amides is 1. The van der Waals surface area contributed by atoms with Crippen molar-refractivity contribution in [1.82, 2.24) is 14.9 Å². The number of aromatic nitrogens is 3. The lowest BCUT2D eigenvalue weighted by Crippen LogP contribution is -2.28. The van der Waals surface area contributed by atoms with Crippen molar-refractivity contribution >= 4 is 23.8 Å². The number of hydrogen-bond acceptors (Lipinski definition) is 5. The minimum Gasteiger partial charge on any atom is -0.273 e. The van der Waals surface area contributed by atoms with E-state index < -0.39 is 10.8 Å². The van der Waals surface area contributed by atoms with Gasteiger partial charge in [-0.1, -0.05) is 38.1 Å². The van der Waals surface area contributed by atoms with E-state index in [1.807, 2.05) is 31.2 Å². The molecule has 8 nitrogen and oxygen atoms in total. The predicted molar refractivity (Wildman–Crippen MR) is 117 cm³/mol. The van der Waals surface area contributed by atoms with Crippen LogP contribution in [0.15, 0.2) is 48.5 Å². The first-order chi connectivity index (χ1) is 14.3. The lowest BCUT2D eigenvalue weighted by atomic mass is 9.96. The highest BCUT2D eigenvalue weighted by atomic mass is 32.1. The molecule has 30 heavy (non-hydrogen) atoms. The number of benzene rings is 2. The maximum absolute atomic E-state index is 12.8. The molecule has 0 spiro atoms. The summed E-state index contributed by atoms with van der Waals surface area (Å²) in [7, 11) is 0. The summed E-state index contributed by atoms with van der Waals surface area (Å²) in [5, 5.41) is 17.6. The molecule has 156 valence electrons. The van der Waals surface area contributed by atoms with E-state index >= 15 is 0 Å². The van der Waals surface area contributed by atoms with E-state index in [9.17, 15) is 14.9 Å². The molecule has 0 radical (unpaired) electrons. The summed E-state index contributed by atoms with van der Waals surface area (Å²) in [6, 6.07) is 13.9. The molecular weight excluding hydrogens is 402 g/mol. The van der Waals surface area contributed by atoms with Crippen molar-refractivity contribution in [2.24, 2.45) is 5.92 Å². The Morgan fingerprint density at radius 1 is 1.17 bits per heavy atom. The number of carbonyl (C=O) groups is 1. The fraction of sp³-hybridized carbons (Fsp3) is 0.286. The number of nitrogens with one attached hydrogen (secondary N) is 2. The Labute approximate surface area is 179 Å². The molecule has 1 unspecified atom stereocenters. The first-order valence-electron chi connectivity index (χ1n) is 9.58. The van der Waals surface area contributed by atoms with Gasteiger partial charge in [0, 0.05) is 17.7 Å². The summed E-state index contributed by atoms with van der Waals surface area (Å²) in [4.78, 5) is 23.2. The van der Waals surface area contributed by atoms with Crippen molar-refractivity contribution < 1.29 is 9.72 Å². The number of H-pyrrole nitrogens is 1. The molecule has 3 aromatic rings. The molecule has 0 fully saturated rings. The maximum Gasteiger partial charge on any atom is 0.269 e. The molecule has 0 saturated heterocycles. The summed E-state index contributed by atoms with van der Waals surface area (Å²) in [6.07, 6.45) is 0.990. The van der Waals surface area contributed by atoms with E-state index in [2.05, 4.69) is 29.5 Å². The molecule has 1 aromatic heterocycles. The third kappa shape index (κ3) is 4.80. The molecule has 1 amide bonds. The Balaban J connectivity index is 1.79. The minimum atomic E-state index is -0.475. The lowest BCUT2D eigenvalue weighted by molar-refractivity contribution is -0.384. The first kappa shape index (κ1) is 21.4. The standard InChI is InChI=1S/C21H23N5O3S/c1-13(2)12-15-4-6-16(7-5-15)14(3)20(27)24-25-19(22-23-21(25)30)17-8-10-18(11-9-17)26(28)29/h4-11,13-14H,12H2,1-3H3,(H,23,30)(H,24,27). The Kier molecular flexibility index (Phi) is 6.41. The van der Waals surface area contributed by atoms with Crippen molar-refractivity contribution in [3.63, 3.8) is 0 Å². The summed E-state index contributed by atoms with van der Waals surface area (Å²) in [5.74, 6) is 0.284. The van der Waals surface area contributed by atoms with Crippen molar-refractivity contribution in [3.8, 4) is 11.4 Å². The molecule has 0 saturated carbocycles. The third-order valence-corrected chi connectivity index (χ3v) is 5.02. The first-order valence-corrected chi connectivity index (χ1v) is 9.99. The second-order valence-electron chi connectivity index (χ2n) is 7.53. The van der Waals surface area contributed by atoms with Crippen LogP contribution in [0, 0.1) is 20.8 Å². The molecule has 2 N–H and O–H groups in total. The highest BCUT2D eigenvalue weighted by Crippen LogP contribution is 2.22. The number of rotatable bonds is 7. The van der Waals surface area contributed by atoms with Gasteiger partial charge in [0.25, 0.3) is 5.69 Å². The molecule has 1 atom stereocenters. The van der Waals surface area contributed by atoms with Crippen molar-refractivity contribution in [3.05, 3.63) is 74.5 Å². The summed E-state index contributed by atoms with van der Waals surface area (Å²) < 4.78 is 1.60. The van der Waals surface area contributed by atoms with Crippen LogP contribution in [0.25, 0.3) is 11.4 Å². The van der Waals surface area contributed by atoms with Gasteiger partial charge in [-0.25, -0.2) is 9.77 Å². The maximum atomic E-state index is 12.8. The van der Waals surface area contributed by atoms with Gasteiger partial charge in [0.05, 0.1) is 10.8 Å². The van der Waals surface area contributed by atoms with Gasteiger partial charge in [-0.2, -0.15) is 5.10 Å². The zero-order chi connectivity index (χ0) is 21.8. The molecule has 0 aliphatic carbocycles. The van der Waals surface area contributed by atoms with Gasteiger partial charge < -0.3 is 0 Å². The van der Waals surface area contributed by atoms with Gasteiger partial charge in [-0.15, -0.1) is 0 Å². The van der Waals surface area contributed by atoms with Gasteiger partial charge in [-0.05, 0) is 54.7 Å². The zero-order valence-electron chi connectivity index (χ0n) is 17.0. The van der Waals surface area contributed by atoms with Gasteiger partial charge in [0.1, 0.15) is 0 Å². The van der Waals surface area contributed by atoms with Crippen LogP contribution >= 0.6 is 12.2 Å². The van der Waals surface area contributed by atoms with E-state index in [0.717, 1.165) is 12.0 Å². The van der Waals surface area contributed by atoms with Crippen molar-refractivity contribution in [2.45, 2.75) is 33.1 Å². The Morgan fingerprint density at radius 3 is 2.37 bits per heavy atom. The van der Waals surface area contributed by atoms with Gasteiger partial charge in [-0.3, -0.25) is 20.3 Å². The molecule has 0 aliphatic heterocycles. The highest BCUT2D eigenvalue weighted by Gasteiger charge is 2.19. The smallest absolute Gasteiger partial charge is 0.269 e. The fourth-order valence-corrected chi connectivity index (χ4v) is 3.28. The second-order valence-corrected chi connectivity index (χ2v) is 7.92. The van der Waals surface area contributed by atoms with E-state index in [-0.39, 0.29) is 16.4 Å². The average molecular weight is 426 g/mol. The Hall–Kier alpha value is -3.33. The lowest BCUT2D eigenvalue weighted by Gasteiger charge is -2.15. The molecule has 0 bridgehead atoms. The number of nitrogens with zero attached hydrogens (tertiary/aromatic N) is 3. The molecule has 9 heteroatoms. The van der Waals surface area contributed by atoms with Gasteiger partial charge in [0.2, 0.25) is 10.7 Å². The minimum absolute atomic E-state index is 0.0296. The van der Waals surface area contributed by atoms with Crippen molar-refractivity contribution in [2.75, 3.05) is 5.43 Å². The third-order valence-electron chi connectivity index (χ3n) is 4.75. The predicted octanol–water partition coefficient (Wildman–Crippen LogP) is 4.59. The summed E-state index contributed by atoms with van der Waals surface area (Å²) in [6.45, 7) is 6.16. The van der Waals surface area contributed by atoms with E-state index in [0.29, 0.717) is 17.3 Å². The Morgan fingerprint density at radius 2 is 1.80 bits per heavy atom. The summed E-state index contributed by atoms with van der Waals surface area (Å²) >= 11 is 5.24. The second kappa shape index (κ2) is 9.00. The molecule has 2 aromatic carbocycles. The molecular formula is C21H23N5O3S. The van der Waals surface area contributed by atoms with Crippen LogP contribution in [0.2, 0.25) is 0 Å². The zero-order valence-corrected chi connectivity index (χ0v) is 17.8. The van der Waals surface area contributed by atoms with Crippen LogP contribution in [0.1, 0.15) is 37.8 Å². The van der Waals surface area contributed by atoms with E-state index in [4.69, 9.17) is 12.2 Å². The monoisotopic (exact) mass is 425 g/mol. The SMILES string of the molecule is CC(C)Cc1ccc(C(C)C(=O)Nn2c(-c3ccc([N+](=O)[O-])cc3)n[nH]c2=S)cc1. The van der Waals surface area contributed by atoms with Crippen LogP contribution < -0.4 is 5.43 Å². The quantitative estimate of drug-likeness (QED) is 0.327. The largest absolute Gasteiger partial charge is 0.273 e. The number of nitro groups is 1. The number of nitro benzene ring substituents is 1. The van der Waals surface area contributed by atoms with Gasteiger partial charge in [0.15, 0.2) is 5.82 Å². The molecule has 3 rings (SSSR count). The van der Waals surface area contributed by atoms with E-state index in [1.165, 1.54) is 22.4 Å². The van der Waals surface area contributed by atoms with Crippen molar-refractivity contribution in [1.29, 1.82) is 0 Å². The number of aromatic amines is 1. The van der Waals surface area contributed by atoms with Crippen LogP contribution in [0.3, 0.4) is 0 Å². The number of carbonyl (C=O) groups excluding carboxylic acids is 1. The average Bonchev–Trinajstić information content (AvgIpc) is 3.08. The molecule has 1 heterocycles. The highest BCUT2D eigenvalue weighted by molar-refractivity contribution is 7.71. The van der Waals surface area contributed by atoms with Crippen LogP contribution in [-0.4, -0.2) is 25.7 Å². The topological polar surface area (TPSA) is 106 Å². The van der Waals surface area contributed by atoms with Crippen LogP contribution in [0.4, 0.5) is 5.69 Å². The number of hydrogen-bond donors (Lipinski definition) is 2. The van der Waals surface area contributed by atoms with E-state index in [1.54, 1.807) is 12.1 Å². The Bertz CT molecular complexity index is 1100. The number of non-ortho nitro benzene ring substituents is 1. The van der Waals surface area contributed by atoms with Gasteiger partial charge >= 0.3 is 0 Å².